The Kier molecular flexibility index (Phi) is 4.77. The lowest BCUT2D eigenvalue weighted by Crippen LogP contribution is -2.27. The van der Waals surface area contributed by atoms with Gasteiger partial charge in [0.05, 0.1) is 6.04 Å². The number of cyclic esters (lactones) is 1. The molecule has 0 bridgehead atoms. The SMILES string of the molecule is CCCCCCC[C@H]1OC(=O)N[C@H]1C. The summed E-state index contributed by atoms with van der Waals surface area (Å²) in [6.45, 7) is 4.21. The van der Waals surface area contributed by atoms with Gasteiger partial charge in [-0.25, -0.2) is 4.79 Å². The largest absolute Gasteiger partial charge is 0.444 e. The fourth-order valence-corrected chi connectivity index (χ4v) is 1.81. The van der Waals surface area contributed by atoms with E-state index < -0.39 is 0 Å². The Morgan fingerprint density at radius 2 is 2.00 bits per heavy atom. The second-order valence-corrected chi connectivity index (χ2v) is 4.08. The van der Waals surface area contributed by atoms with E-state index in [2.05, 4.69) is 12.2 Å². The van der Waals surface area contributed by atoms with Crippen molar-refractivity contribution in [2.75, 3.05) is 0 Å². The number of carbonyl (C=O) groups is 1. The smallest absolute Gasteiger partial charge is 0.407 e. The summed E-state index contributed by atoms with van der Waals surface area (Å²) in [4.78, 5) is 10.9. The van der Waals surface area contributed by atoms with Crippen LogP contribution in [-0.2, 0) is 4.74 Å². The normalized spacial score (nSPS) is 26.0. The lowest BCUT2D eigenvalue weighted by atomic mass is 10.0. The summed E-state index contributed by atoms with van der Waals surface area (Å²) in [5.41, 5.74) is 0. The Balaban J connectivity index is 2.04. The van der Waals surface area contributed by atoms with E-state index in [4.69, 9.17) is 4.74 Å². The number of rotatable bonds is 6. The second kappa shape index (κ2) is 5.89. The zero-order valence-electron chi connectivity index (χ0n) is 9.21. The van der Waals surface area contributed by atoms with E-state index in [1.807, 2.05) is 6.92 Å². The van der Waals surface area contributed by atoms with Crippen molar-refractivity contribution in [3.05, 3.63) is 0 Å². The van der Waals surface area contributed by atoms with Crippen molar-refractivity contribution in [2.24, 2.45) is 0 Å². The van der Waals surface area contributed by atoms with Crippen molar-refractivity contribution >= 4 is 6.09 Å². The number of unbranched alkanes of at least 4 members (excludes halogenated alkanes) is 4. The zero-order chi connectivity index (χ0) is 10.4. The van der Waals surface area contributed by atoms with Crippen molar-refractivity contribution < 1.29 is 9.53 Å². The molecule has 0 aromatic heterocycles. The number of alkyl carbamates (subject to hydrolysis) is 1. The predicted octanol–water partition coefficient (Wildman–Crippen LogP) is 2.84. The summed E-state index contributed by atoms with van der Waals surface area (Å²) >= 11 is 0. The highest BCUT2D eigenvalue weighted by atomic mass is 16.6. The summed E-state index contributed by atoms with van der Waals surface area (Å²) in [5, 5.41) is 2.76. The van der Waals surface area contributed by atoms with Crippen LogP contribution in [0.15, 0.2) is 0 Å². The summed E-state index contributed by atoms with van der Waals surface area (Å²) in [6, 6.07) is 0.189. The van der Waals surface area contributed by atoms with Gasteiger partial charge in [-0.1, -0.05) is 32.6 Å². The molecule has 1 aliphatic heterocycles. The monoisotopic (exact) mass is 199 g/mol. The topological polar surface area (TPSA) is 38.3 Å². The van der Waals surface area contributed by atoms with Crippen molar-refractivity contribution in [3.8, 4) is 0 Å². The molecule has 3 nitrogen and oxygen atoms in total. The number of ether oxygens (including phenoxy) is 1. The lowest BCUT2D eigenvalue weighted by Gasteiger charge is -2.11. The van der Waals surface area contributed by atoms with E-state index in [1.165, 1.54) is 32.1 Å². The van der Waals surface area contributed by atoms with Crippen LogP contribution in [0, 0.1) is 0 Å². The van der Waals surface area contributed by atoms with Gasteiger partial charge in [0.15, 0.2) is 0 Å². The van der Waals surface area contributed by atoms with Gasteiger partial charge < -0.3 is 10.1 Å². The summed E-state index contributed by atoms with van der Waals surface area (Å²) in [5.74, 6) is 0. The average molecular weight is 199 g/mol. The lowest BCUT2D eigenvalue weighted by molar-refractivity contribution is 0.126. The molecule has 1 amide bonds. The quantitative estimate of drug-likeness (QED) is 0.668. The molecule has 0 unspecified atom stereocenters. The Labute approximate surface area is 86.2 Å². The molecule has 1 fully saturated rings. The molecule has 3 heteroatoms. The van der Waals surface area contributed by atoms with E-state index in [-0.39, 0.29) is 18.2 Å². The second-order valence-electron chi connectivity index (χ2n) is 4.08. The molecule has 1 rings (SSSR count). The maximum absolute atomic E-state index is 10.9. The molecule has 0 radical (unpaired) electrons. The number of hydrogen-bond acceptors (Lipinski definition) is 2. The van der Waals surface area contributed by atoms with Gasteiger partial charge in [0.1, 0.15) is 6.10 Å². The van der Waals surface area contributed by atoms with E-state index in [0.717, 1.165) is 6.42 Å². The molecule has 1 saturated heterocycles. The molecule has 82 valence electrons. The van der Waals surface area contributed by atoms with Gasteiger partial charge in [-0.15, -0.1) is 0 Å². The standard InChI is InChI=1S/C11H21NO2/c1-3-4-5-6-7-8-10-9(2)12-11(13)14-10/h9-10H,3-8H2,1-2H3,(H,12,13)/t9-,10+/m0/s1. The van der Waals surface area contributed by atoms with Crippen LogP contribution in [0.5, 0.6) is 0 Å². The number of nitrogens with one attached hydrogen (secondary N) is 1. The highest BCUT2D eigenvalue weighted by molar-refractivity contribution is 5.70. The molecule has 0 saturated carbocycles. The van der Waals surface area contributed by atoms with Crippen molar-refractivity contribution in [1.29, 1.82) is 0 Å². The van der Waals surface area contributed by atoms with Crippen LogP contribution in [0.1, 0.15) is 52.4 Å². The Morgan fingerprint density at radius 3 is 2.57 bits per heavy atom. The predicted molar refractivity (Wildman–Crippen MR) is 56.2 cm³/mol. The highest BCUT2D eigenvalue weighted by Gasteiger charge is 2.29. The third kappa shape index (κ3) is 3.56. The molecular formula is C11H21NO2. The first-order chi connectivity index (χ1) is 6.74. The first kappa shape index (κ1) is 11.3. The highest BCUT2D eigenvalue weighted by Crippen LogP contribution is 2.16. The molecule has 2 atom stereocenters. The molecule has 0 aromatic rings. The summed E-state index contributed by atoms with van der Waals surface area (Å²) in [6.07, 6.45) is 7.18. The zero-order valence-corrected chi connectivity index (χ0v) is 9.21. The summed E-state index contributed by atoms with van der Waals surface area (Å²) < 4.78 is 5.13. The fourth-order valence-electron chi connectivity index (χ4n) is 1.81. The van der Waals surface area contributed by atoms with E-state index in [1.54, 1.807) is 0 Å². The minimum absolute atomic E-state index is 0.101. The molecule has 14 heavy (non-hydrogen) atoms. The van der Waals surface area contributed by atoms with E-state index in [9.17, 15) is 4.79 Å². The minimum Gasteiger partial charge on any atom is -0.444 e. The van der Waals surface area contributed by atoms with Crippen LogP contribution < -0.4 is 5.32 Å². The molecule has 0 aromatic carbocycles. The third-order valence-electron chi connectivity index (χ3n) is 2.75. The summed E-state index contributed by atoms with van der Waals surface area (Å²) in [7, 11) is 0. The maximum Gasteiger partial charge on any atom is 0.407 e. The molecule has 1 N–H and O–H groups in total. The van der Waals surface area contributed by atoms with E-state index in [0.29, 0.717) is 0 Å². The molecule has 1 aliphatic rings. The van der Waals surface area contributed by atoms with Crippen molar-refractivity contribution in [3.63, 3.8) is 0 Å². The van der Waals surface area contributed by atoms with Crippen LogP contribution in [0.2, 0.25) is 0 Å². The Bertz CT molecular complexity index is 182. The van der Waals surface area contributed by atoms with Crippen molar-refractivity contribution in [2.45, 2.75) is 64.5 Å². The van der Waals surface area contributed by atoms with Crippen LogP contribution in [-0.4, -0.2) is 18.2 Å². The van der Waals surface area contributed by atoms with Crippen LogP contribution in [0.4, 0.5) is 4.79 Å². The van der Waals surface area contributed by atoms with Crippen LogP contribution in [0.25, 0.3) is 0 Å². The molecule has 1 heterocycles. The Hall–Kier alpha value is -0.730. The first-order valence-electron chi connectivity index (χ1n) is 5.71. The Morgan fingerprint density at radius 1 is 1.29 bits per heavy atom. The van der Waals surface area contributed by atoms with Crippen LogP contribution >= 0.6 is 0 Å². The molecular weight excluding hydrogens is 178 g/mol. The minimum atomic E-state index is -0.254. The van der Waals surface area contributed by atoms with Gasteiger partial charge in [-0.05, 0) is 19.8 Å². The van der Waals surface area contributed by atoms with Gasteiger partial charge in [-0.3, -0.25) is 0 Å². The number of amides is 1. The molecule has 0 spiro atoms. The number of hydrogen-bond donors (Lipinski definition) is 1. The van der Waals surface area contributed by atoms with Crippen molar-refractivity contribution in [1.82, 2.24) is 5.32 Å². The number of carbonyl (C=O) groups excluding carboxylic acids is 1. The van der Waals surface area contributed by atoms with E-state index >= 15 is 0 Å². The van der Waals surface area contributed by atoms with Crippen LogP contribution in [0.3, 0.4) is 0 Å². The first-order valence-corrected chi connectivity index (χ1v) is 5.71. The third-order valence-corrected chi connectivity index (χ3v) is 2.75. The average Bonchev–Trinajstić information content (AvgIpc) is 2.45. The van der Waals surface area contributed by atoms with Gasteiger partial charge >= 0.3 is 6.09 Å². The van der Waals surface area contributed by atoms with Gasteiger partial charge in [0.25, 0.3) is 0 Å². The molecule has 0 aliphatic carbocycles. The van der Waals surface area contributed by atoms with Gasteiger partial charge in [0, 0.05) is 0 Å². The van der Waals surface area contributed by atoms with Gasteiger partial charge in [0.2, 0.25) is 0 Å². The van der Waals surface area contributed by atoms with Gasteiger partial charge in [-0.2, -0.15) is 0 Å². The fraction of sp³-hybridized carbons (Fsp3) is 0.909. The maximum atomic E-state index is 10.9.